The Morgan fingerprint density at radius 2 is 1.31 bits per heavy atom. The first-order valence-electron chi connectivity index (χ1n) is 12.4. The van der Waals surface area contributed by atoms with Gasteiger partial charge in [0.25, 0.3) is 0 Å². The topological polar surface area (TPSA) is 74.3 Å². The Morgan fingerprint density at radius 1 is 0.800 bits per heavy atom. The summed E-state index contributed by atoms with van der Waals surface area (Å²) in [6.45, 7) is 26.4. The summed E-state index contributed by atoms with van der Waals surface area (Å²) in [5, 5.41) is 0.637. The van der Waals surface area contributed by atoms with Gasteiger partial charge in [-0.1, -0.05) is 6.58 Å². The lowest BCUT2D eigenvalue weighted by Crippen LogP contribution is -2.54. The smallest absolute Gasteiger partial charge is 0.347 e. The maximum Gasteiger partial charge on any atom is 0.347 e. The predicted molar refractivity (Wildman–Crippen MR) is 153 cm³/mol. The lowest BCUT2D eigenvalue weighted by molar-refractivity contribution is -0.142. The first kappa shape index (κ1) is 31.8. The molecular weight excluding hydrogens is 511 g/mol. The van der Waals surface area contributed by atoms with Crippen LogP contribution in [-0.4, -0.2) is 70.0 Å². The summed E-state index contributed by atoms with van der Waals surface area (Å²) in [4.78, 5) is 28.1. The van der Waals surface area contributed by atoms with Crippen molar-refractivity contribution in [3.8, 4) is 0 Å². The van der Waals surface area contributed by atoms with Gasteiger partial charge in [0.15, 0.2) is 16.6 Å². The van der Waals surface area contributed by atoms with Crippen LogP contribution in [-0.2, 0) is 27.0 Å². The molecule has 0 aromatic rings. The number of carbonyl (C=O) groups is 2. The number of esters is 1. The van der Waals surface area contributed by atoms with Crippen LogP contribution in [0, 0.1) is 0 Å². The van der Waals surface area contributed by atoms with Gasteiger partial charge in [0.05, 0.1) is 0 Å². The van der Waals surface area contributed by atoms with Crippen molar-refractivity contribution in [3.63, 3.8) is 0 Å². The second-order valence-corrected chi connectivity index (χ2v) is 29.2. The van der Waals surface area contributed by atoms with Crippen LogP contribution in [0.3, 0.4) is 0 Å². The predicted octanol–water partition coefficient (Wildman–Crippen LogP) is 5.70. The zero-order chi connectivity index (χ0) is 27.1. The minimum Gasteiger partial charge on any atom is -0.516 e. The number of nitrogens with zero attached hydrogens (tertiary/aromatic N) is 1. The van der Waals surface area contributed by atoms with Gasteiger partial charge in [-0.15, -0.1) is 0 Å². The zero-order valence-electron chi connectivity index (χ0n) is 23.6. The van der Waals surface area contributed by atoms with Crippen LogP contribution in [0.2, 0.25) is 65.5 Å². The molecule has 0 radical (unpaired) electrons. The Morgan fingerprint density at radius 3 is 1.77 bits per heavy atom. The first-order valence-corrected chi connectivity index (χ1v) is 25.0. The standard InChI is InChI=1S/C24H47NO6Si4/c1-21(35(11,30-33(5,6)7)31-34(8,9)10)20-28-23(26)22(24(27)29-32(2,3)4)16-15-19-25-17-13-12-14-18-25/h15-16,19H,1,12-14,17-18,20H2,2-11H3. The van der Waals surface area contributed by atoms with Gasteiger partial charge in [-0.05, 0) is 103 Å². The third-order valence-electron chi connectivity index (χ3n) is 4.81. The highest BCUT2D eigenvalue weighted by Crippen LogP contribution is 2.26. The summed E-state index contributed by atoms with van der Waals surface area (Å²) in [5.41, 5.74) is -0.117. The van der Waals surface area contributed by atoms with E-state index in [1.54, 1.807) is 6.08 Å². The molecule has 200 valence electrons. The Balaban J connectivity index is 3.05. The maximum atomic E-state index is 13.0. The van der Waals surface area contributed by atoms with Crippen molar-refractivity contribution in [3.05, 3.63) is 35.7 Å². The molecule has 1 aliphatic heterocycles. The van der Waals surface area contributed by atoms with Crippen LogP contribution < -0.4 is 0 Å². The summed E-state index contributed by atoms with van der Waals surface area (Å²) in [6.07, 6.45) is 8.66. The molecule has 0 N–H and O–H groups in total. The fourth-order valence-electron chi connectivity index (χ4n) is 3.58. The Kier molecular flexibility index (Phi) is 11.6. The third-order valence-corrected chi connectivity index (χ3v) is 15.1. The van der Waals surface area contributed by atoms with E-state index >= 15 is 0 Å². The molecule has 0 bridgehead atoms. The average Bonchev–Trinajstić information content (AvgIpc) is 2.65. The largest absolute Gasteiger partial charge is 0.516 e. The van der Waals surface area contributed by atoms with Crippen molar-refractivity contribution in [2.24, 2.45) is 0 Å². The molecule has 0 amide bonds. The van der Waals surface area contributed by atoms with Crippen LogP contribution in [0.25, 0.3) is 0 Å². The van der Waals surface area contributed by atoms with Gasteiger partial charge in [-0.3, -0.25) is 0 Å². The monoisotopic (exact) mass is 557 g/mol. The molecule has 0 aliphatic carbocycles. The molecule has 1 fully saturated rings. The molecular formula is C24H47NO6Si4. The zero-order valence-corrected chi connectivity index (χ0v) is 27.6. The van der Waals surface area contributed by atoms with Gasteiger partial charge in [-0.2, -0.15) is 0 Å². The Hall–Kier alpha value is -1.25. The van der Waals surface area contributed by atoms with E-state index in [0.29, 0.717) is 5.20 Å². The molecule has 0 atom stereocenters. The molecule has 0 aromatic heterocycles. The number of hydrogen-bond acceptors (Lipinski definition) is 7. The van der Waals surface area contributed by atoms with Crippen molar-refractivity contribution in [1.29, 1.82) is 0 Å². The minimum absolute atomic E-state index is 0.0656. The molecule has 0 unspecified atom stereocenters. The number of rotatable bonds is 12. The number of piperidine rings is 1. The number of allylic oxidation sites excluding steroid dienone is 2. The molecule has 0 spiro atoms. The van der Waals surface area contributed by atoms with Crippen molar-refractivity contribution in [2.75, 3.05) is 19.7 Å². The highest BCUT2D eigenvalue weighted by Gasteiger charge is 2.43. The van der Waals surface area contributed by atoms with Crippen molar-refractivity contribution < 1.29 is 27.0 Å². The lowest BCUT2D eigenvalue weighted by Gasteiger charge is -2.39. The Labute approximate surface area is 217 Å². The summed E-state index contributed by atoms with van der Waals surface area (Å²) in [5.74, 6) is -1.38. The summed E-state index contributed by atoms with van der Waals surface area (Å²) in [7, 11) is -8.94. The SMILES string of the molecule is C=C(COC(=O)C(=CC=CN1CCCCC1)C(=O)O[Si](C)(C)C)[Si](C)(O[Si](C)(C)C)O[Si](C)(C)C. The summed E-state index contributed by atoms with van der Waals surface area (Å²) in [6, 6.07) is 0. The van der Waals surface area contributed by atoms with Gasteiger partial charge < -0.3 is 22.3 Å². The number of ether oxygens (including phenoxy) is 1. The van der Waals surface area contributed by atoms with Crippen LogP contribution in [0.5, 0.6) is 0 Å². The van der Waals surface area contributed by atoms with Crippen molar-refractivity contribution >= 4 is 45.5 Å². The van der Waals surface area contributed by atoms with Crippen molar-refractivity contribution in [1.82, 2.24) is 4.90 Å². The molecule has 0 saturated carbocycles. The van der Waals surface area contributed by atoms with Gasteiger partial charge in [-0.25, -0.2) is 9.59 Å². The van der Waals surface area contributed by atoms with Crippen LogP contribution in [0.15, 0.2) is 35.7 Å². The fraction of sp³-hybridized carbons (Fsp3) is 0.667. The van der Waals surface area contributed by atoms with Crippen molar-refractivity contribution in [2.45, 2.75) is 84.7 Å². The quantitative estimate of drug-likeness (QED) is 0.0760. The molecule has 11 heteroatoms. The molecule has 0 aromatic carbocycles. The van der Waals surface area contributed by atoms with E-state index in [1.165, 1.54) is 12.5 Å². The molecule has 1 rings (SSSR count). The minimum atomic E-state index is -2.84. The second-order valence-electron chi connectivity index (χ2n) is 12.1. The highest BCUT2D eigenvalue weighted by atomic mass is 28.5. The normalized spacial score (nSPS) is 16.4. The van der Waals surface area contributed by atoms with Crippen LogP contribution in [0.1, 0.15) is 19.3 Å². The van der Waals surface area contributed by atoms with E-state index in [9.17, 15) is 9.59 Å². The van der Waals surface area contributed by atoms with Gasteiger partial charge in [0.1, 0.15) is 12.2 Å². The molecule has 35 heavy (non-hydrogen) atoms. The lowest BCUT2D eigenvalue weighted by atomic mass is 10.1. The first-order chi connectivity index (χ1) is 15.8. The number of carbonyl (C=O) groups excluding carboxylic acids is 2. The van der Waals surface area contributed by atoms with E-state index in [4.69, 9.17) is 17.4 Å². The van der Waals surface area contributed by atoms with E-state index < -0.39 is 45.5 Å². The van der Waals surface area contributed by atoms with E-state index in [0.717, 1.165) is 25.9 Å². The molecule has 1 heterocycles. The van der Waals surface area contributed by atoms with Gasteiger partial charge in [0, 0.05) is 18.3 Å². The average molecular weight is 558 g/mol. The number of hydrogen-bond donors (Lipinski definition) is 0. The van der Waals surface area contributed by atoms with E-state index in [-0.39, 0.29) is 12.2 Å². The van der Waals surface area contributed by atoms with E-state index in [1.807, 2.05) is 32.4 Å². The summed E-state index contributed by atoms with van der Waals surface area (Å²) >= 11 is 0. The van der Waals surface area contributed by atoms with Crippen LogP contribution >= 0.6 is 0 Å². The fourth-order valence-corrected chi connectivity index (χ4v) is 15.6. The number of likely N-dealkylation sites (tertiary alicyclic amines) is 1. The van der Waals surface area contributed by atoms with Crippen LogP contribution in [0.4, 0.5) is 0 Å². The van der Waals surface area contributed by atoms with Gasteiger partial charge in [0.2, 0.25) is 8.32 Å². The van der Waals surface area contributed by atoms with E-state index in [2.05, 4.69) is 50.8 Å². The van der Waals surface area contributed by atoms with Gasteiger partial charge >= 0.3 is 20.5 Å². The highest BCUT2D eigenvalue weighted by molar-refractivity contribution is 6.91. The molecule has 1 aliphatic rings. The molecule has 1 saturated heterocycles. The Bertz CT molecular complexity index is 799. The maximum absolute atomic E-state index is 13.0. The second kappa shape index (κ2) is 12.8. The molecule has 7 nitrogen and oxygen atoms in total. The summed E-state index contributed by atoms with van der Waals surface area (Å²) < 4.78 is 24.2. The third kappa shape index (κ3) is 13.0.